The molecular weight excluding hydrogens is 773 g/mol. The van der Waals surface area contributed by atoms with Crippen LogP contribution in [0.1, 0.15) is 194 Å². The van der Waals surface area contributed by atoms with Gasteiger partial charge in [-0.25, -0.2) is 0 Å². The van der Waals surface area contributed by atoms with Gasteiger partial charge in [-0.1, -0.05) is 164 Å². The normalized spacial score (nSPS) is 20.3. The van der Waals surface area contributed by atoms with Crippen LogP contribution in [0.4, 0.5) is 0 Å². The molecule has 1 rings (SSSR count). The van der Waals surface area contributed by atoms with E-state index in [4.69, 9.17) is 18.9 Å². The number of allylic oxidation sites excluding steroid dienone is 10. The fourth-order valence-corrected chi connectivity index (χ4v) is 7.06. The van der Waals surface area contributed by atoms with Gasteiger partial charge < -0.3 is 39.4 Å². The van der Waals surface area contributed by atoms with Crippen molar-refractivity contribution >= 4 is 11.9 Å². The molecule has 0 aromatic rings. The Hall–Kier alpha value is -2.60. The van der Waals surface area contributed by atoms with Crippen molar-refractivity contribution in [2.24, 2.45) is 0 Å². The molecule has 1 heterocycles. The van der Waals surface area contributed by atoms with E-state index >= 15 is 0 Å². The van der Waals surface area contributed by atoms with E-state index in [-0.39, 0.29) is 32.0 Å². The van der Waals surface area contributed by atoms with E-state index in [1.807, 2.05) is 0 Å². The number of ether oxygens (including phenoxy) is 4. The van der Waals surface area contributed by atoms with Gasteiger partial charge in [-0.2, -0.15) is 0 Å². The van der Waals surface area contributed by atoms with Crippen LogP contribution in [0.15, 0.2) is 60.8 Å². The van der Waals surface area contributed by atoms with E-state index in [1.54, 1.807) is 0 Å². The number of unbranched alkanes of at least 4 members (excludes halogenated alkanes) is 19. The molecule has 10 nitrogen and oxygen atoms in total. The van der Waals surface area contributed by atoms with Gasteiger partial charge in [-0.15, -0.1) is 0 Å². The number of esters is 2. The lowest BCUT2D eigenvalue weighted by Crippen LogP contribution is -2.59. The maximum absolute atomic E-state index is 12.8. The van der Waals surface area contributed by atoms with E-state index < -0.39 is 49.4 Å². The monoisotopic (exact) mass is 861 g/mol. The minimum Gasteiger partial charge on any atom is -0.462 e. The molecule has 61 heavy (non-hydrogen) atoms. The Morgan fingerprint density at radius 1 is 0.525 bits per heavy atom. The molecule has 0 amide bonds. The summed E-state index contributed by atoms with van der Waals surface area (Å²) in [6, 6.07) is 0. The molecule has 0 radical (unpaired) electrons. The fraction of sp³-hybridized carbons (Fsp3) is 0.765. The second-order valence-electron chi connectivity index (χ2n) is 16.5. The van der Waals surface area contributed by atoms with E-state index in [9.17, 15) is 30.0 Å². The van der Waals surface area contributed by atoms with Crippen molar-refractivity contribution in [1.29, 1.82) is 0 Å². The Morgan fingerprint density at radius 2 is 0.967 bits per heavy atom. The molecule has 0 aromatic heterocycles. The van der Waals surface area contributed by atoms with Crippen molar-refractivity contribution in [2.75, 3.05) is 19.8 Å². The smallest absolute Gasteiger partial charge is 0.306 e. The first kappa shape index (κ1) is 56.4. The Kier molecular flexibility index (Phi) is 38.3. The third-order valence-electron chi connectivity index (χ3n) is 10.9. The first-order valence-corrected chi connectivity index (χ1v) is 24.4. The Balaban J connectivity index is 2.26. The largest absolute Gasteiger partial charge is 0.462 e. The van der Waals surface area contributed by atoms with Crippen LogP contribution in [0, 0.1) is 0 Å². The highest BCUT2D eigenvalue weighted by atomic mass is 16.7. The molecule has 0 bridgehead atoms. The average Bonchev–Trinajstić information content (AvgIpc) is 3.26. The molecule has 1 aliphatic heterocycles. The lowest BCUT2D eigenvalue weighted by molar-refractivity contribution is -0.305. The Labute approximate surface area is 370 Å². The molecule has 1 aliphatic rings. The second-order valence-corrected chi connectivity index (χ2v) is 16.5. The number of carbonyl (C=O) groups is 2. The van der Waals surface area contributed by atoms with Crippen LogP contribution >= 0.6 is 0 Å². The highest BCUT2D eigenvalue weighted by Crippen LogP contribution is 2.23. The first-order valence-electron chi connectivity index (χ1n) is 24.4. The molecule has 4 N–H and O–H groups in total. The predicted molar refractivity (Wildman–Crippen MR) is 247 cm³/mol. The van der Waals surface area contributed by atoms with E-state index in [0.29, 0.717) is 6.42 Å². The van der Waals surface area contributed by atoms with Gasteiger partial charge in [-0.05, 0) is 77.0 Å². The van der Waals surface area contributed by atoms with E-state index in [1.165, 1.54) is 89.9 Å². The van der Waals surface area contributed by atoms with E-state index in [0.717, 1.165) is 70.6 Å². The zero-order valence-electron chi connectivity index (χ0n) is 38.4. The maximum Gasteiger partial charge on any atom is 0.306 e. The van der Waals surface area contributed by atoms with Gasteiger partial charge in [0.25, 0.3) is 0 Å². The molecule has 6 unspecified atom stereocenters. The zero-order valence-corrected chi connectivity index (χ0v) is 38.4. The first-order chi connectivity index (χ1) is 29.8. The highest BCUT2D eigenvalue weighted by Gasteiger charge is 2.44. The second kappa shape index (κ2) is 41.4. The van der Waals surface area contributed by atoms with Crippen LogP contribution in [0.2, 0.25) is 0 Å². The van der Waals surface area contributed by atoms with Gasteiger partial charge in [0.2, 0.25) is 0 Å². The van der Waals surface area contributed by atoms with Crippen LogP contribution in [0.25, 0.3) is 0 Å². The number of hydrogen-bond donors (Lipinski definition) is 4. The molecule has 0 spiro atoms. The number of carbonyl (C=O) groups excluding carboxylic acids is 2. The minimum absolute atomic E-state index is 0.192. The summed E-state index contributed by atoms with van der Waals surface area (Å²) in [6.45, 7) is 3.27. The van der Waals surface area contributed by atoms with Gasteiger partial charge in [0, 0.05) is 12.8 Å². The summed E-state index contributed by atoms with van der Waals surface area (Å²) < 4.78 is 22.2. The third-order valence-corrected chi connectivity index (χ3v) is 10.9. The molecule has 0 aliphatic carbocycles. The molecule has 1 saturated heterocycles. The summed E-state index contributed by atoms with van der Waals surface area (Å²) in [5.41, 5.74) is 0. The standard InChI is InChI=1S/C51H88O10/c1-3-5-7-9-11-13-15-17-18-19-20-21-22-23-24-25-26-28-29-31-33-35-37-39-46(53)58-42-44(43-59-51-50(57)49(56)48(55)45(41-52)61-51)60-47(54)40-38-36-34-32-30-27-16-14-12-10-8-6-4-2/h6,8,12,14-15,17,19-20,27,30,44-45,48-52,55-57H,3-5,7,9-11,13,16,18,21-26,28-29,31-43H2,1-2H3/b8-6-,14-12-,17-15-,20-19-,30-27-. The van der Waals surface area contributed by atoms with Crippen molar-refractivity contribution in [3.8, 4) is 0 Å². The summed E-state index contributed by atoms with van der Waals surface area (Å²) in [7, 11) is 0. The third kappa shape index (κ3) is 32.7. The molecule has 0 aromatic carbocycles. The number of aliphatic hydroxyl groups excluding tert-OH is 4. The average molecular weight is 861 g/mol. The van der Waals surface area contributed by atoms with Crippen LogP contribution in [-0.4, -0.2) is 89.0 Å². The summed E-state index contributed by atoms with van der Waals surface area (Å²) >= 11 is 0. The summed E-state index contributed by atoms with van der Waals surface area (Å²) in [4.78, 5) is 25.4. The molecule has 352 valence electrons. The molecule has 10 heteroatoms. The maximum atomic E-state index is 12.8. The van der Waals surface area contributed by atoms with Crippen molar-refractivity contribution in [1.82, 2.24) is 0 Å². The number of aliphatic hydroxyl groups is 4. The van der Waals surface area contributed by atoms with Crippen LogP contribution in [0.5, 0.6) is 0 Å². The topological polar surface area (TPSA) is 152 Å². The highest BCUT2D eigenvalue weighted by molar-refractivity contribution is 5.70. The van der Waals surface area contributed by atoms with E-state index in [2.05, 4.69) is 74.6 Å². The van der Waals surface area contributed by atoms with Gasteiger partial charge >= 0.3 is 11.9 Å². The molecule has 6 atom stereocenters. The van der Waals surface area contributed by atoms with Crippen LogP contribution in [0.3, 0.4) is 0 Å². The fourth-order valence-electron chi connectivity index (χ4n) is 7.06. The quantitative estimate of drug-likeness (QED) is 0.0266. The van der Waals surface area contributed by atoms with Gasteiger partial charge in [0.05, 0.1) is 13.2 Å². The molecular formula is C51H88O10. The van der Waals surface area contributed by atoms with Crippen LogP contribution in [-0.2, 0) is 28.5 Å². The Morgan fingerprint density at radius 3 is 1.48 bits per heavy atom. The van der Waals surface area contributed by atoms with Crippen molar-refractivity contribution in [3.63, 3.8) is 0 Å². The molecule has 0 saturated carbocycles. The lowest BCUT2D eigenvalue weighted by atomic mass is 9.99. The van der Waals surface area contributed by atoms with Gasteiger partial charge in [0.1, 0.15) is 31.0 Å². The summed E-state index contributed by atoms with van der Waals surface area (Å²) in [6.07, 6.45) is 43.8. The number of rotatable bonds is 40. The van der Waals surface area contributed by atoms with Gasteiger partial charge in [0.15, 0.2) is 12.4 Å². The zero-order chi connectivity index (χ0) is 44.4. The minimum atomic E-state index is -1.60. The summed E-state index contributed by atoms with van der Waals surface area (Å²) in [5, 5.41) is 40.1. The molecule has 1 fully saturated rings. The Bertz CT molecular complexity index is 1180. The SMILES string of the molecule is CC/C=C\C/C=C\C/C=C\CCCCCC(=O)OC(COC(=O)CCCCCCCCCCCCC/C=C\C/C=C\CCCCCCC)COC1OC(CO)C(O)C(O)C1O. The lowest BCUT2D eigenvalue weighted by Gasteiger charge is -2.39. The van der Waals surface area contributed by atoms with Crippen molar-refractivity contribution in [2.45, 2.75) is 230 Å². The number of hydrogen-bond acceptors (Lipinski definition) is 10. The summed E-state index contributed by atoms with van der Waals surface area (Å²) in [5.74, 6) is -0.844. The van der Waals surface area contributed by atoms with Crippen molar-refractivity contribution < 1.29 is 49.0 Å². The predicted octanol–water partition coefficient (Wildman–Crippen LogP) is 11.0. The van der Waals surface area contributed by atoms with Crippen molar-refractivity contribution in [3.05, 3.63) is 60.8 Å². The van der Waals surface area contributed by atoms with Crippen LogP contribution < -0.4 is 0 Å². The van der Waals surface area contributed by atoms with Gasteiger partial charge in [-0.3, -0.25) is 9.59 Å².